The van der Waals surface area contributed by atoms with Gasteiger partial charge in [-0.2, -0.15) is 0 Å². The second-order valence-corrected chi connectivity index (χ2v) is 5.67. The third-order valence-corrected chi connectivity index (χ3v) is 4.07. The van der Waals surface area contributed by atoms with Crippen LogP contribution in [0.25, 0.3) is 0 Å². The Morgan fingerprint density at radius 1 is 1.52 bits per heavy atom. The number of aryl methyl sites for hydroxylation is 1. The summed E-state index contributed by atoms with van der Waals surface area (Å²) < 4.78 is 12.9. The fourth-order valence-corrected chi connectivity index (χ4v) is 2.76. The molecular weight excluding hydrogens is 290 g/mol. The second kappa shape index (κ2) is 8.17. The molecule has 0 N–H and O–H groups in total. The highest BCUT2D eigenvalue weighted by Gasteiger charge is 2.24. The molecule has 1 aliphatic rings. The molecule has 1 unspecified atom stereocenters. The topological polar surface area (TPSA) is 55.8 Å². The number of hydrogen-bond acceptors (Lipinski definition) is 6. The molecule has 0 spiro atoms. The van der Waals surface area contributed by atoms with Crippen molar-refractivity contribution in [2.75, 3.05) is 19.7 Å². The van der Waals surface area contributed by atoms with Crippen LogP contribution in [0.5, 0.6) is 0 Å². The first kappa shape index (κ1) is 16.0. The maximum Gasteiger partial charge on any atom is 0.319 e. The van der Waals surface area contributed by atoms with Gasteiger partial charge in [0.1, 0.15) is 6.29 Å². The summed E-state index contributed by atoms with van der Waals surface area (Å²) in [5, 5.41) is 0. The van der Waals surface area contributed by atoms with Gasteiger partial charge in [0, 0.05) is 19.5 Å². The Morgan fingerprint density at radius 3 is 3.10 bits per heavy atom. The van der Waals surface area contributed by atoms with Crippen LogP contribution in [-0.4, -0.2) is 36.3 Å². The molecule has 1 fully saturated rings. The molecule has 1 atom stereocenters. The monoisotopic (exact) mass is 309 g/mol. The van der Waals surface area contributed by atoms with E-state index < -0.39 is 0 Å². The Labute approximate surface area is 128 Å². The van der Waals surface area contributed by atoms with E-state index in [1.54, 1.807) is 0 Å². The molecule has 0 bridgehead atoms. The van der Waals surface area contributed by atoms with Gasteiger partial charge in [-0.05, 0) is 18.1 Å². The van der Waals surface area contributed by atoms with E-state index in [1.165, 1.54) is 5.56 Å². The van der Waals surface area contributed by atoms with Gasteiger partial charge in [-0.15, -0.1) is 0 Å². The van der Waals surface area contributed by atoms with E-state index in [-0.39, 0.29) is 24.9 Å². The van der Waals surface area contributed by atoms with Gasteiger partial charge in [-0.1, -0.05) is 24.3 Å². The second-order valence-electron chi connectivity index (χ2n) is 4.84. The minimum atomic E-state index is -0.369. The number of benzene rings is 1. The van der Waals surface area contributed by atoms with Crippen molar-refractivity contribution >= 4 is 24.5 Å². The maximum absolute atomic E-state index is 11.4. The minimum Gasteiger partial charge on any atom is -0.374 e. The van der Waals surface area contributed by atoms with Crippen molar-refractivity contribution in [1.29, 1.82) is 0 Å². The maximum atomic E-state index is 11.4. The summed E-state index contributed by atoms with van der Waals surface area (Å²) in [6.07, 6.45) is 1.03. The molecule has 1 heterocycles. The summed E-state index contributed by atoms with van der Waals surface area (Å²) in [6.45, 7) is 4.02. The number of hydrogen-bond donors (Lipinski definition) is 0. The zero-order chi connectivity index (χ0) is 15.1. The van der Waals surface area contributed by atoms with Crippen LogP contribution < -0.4 is 0 Å². The lowest BCUT2D eigenvalue weighted by molar-refractivity contribution is -0.134. The number of aldehydes is 1. The Kier molecular flexibility index (Phi) is 6.22. The van der Waals surface area contributed by atoms with Crippen molar-refractivity contribution in [3.63, 3.8) is 0 Å². The zero-order valence-corrected chi connectivity index (χ0v) is 12.8. The van der Waals surface area contributed by atoms with E-state index in [4.69, 9.17) is 8.92 Å². The molecule has 1 aromatic carbocycles. The number of nitrogens with zero attached hydrogens (tertiary/aromatic N) is 1. The smallest absolute Gasteiger partial charge is 0.319 e. The van der Waals surface area contributed by atoms with Gasteiger partial charge in [0.15, 0.2) is 12.2 Å². The van der Waals surface area contributed by atoms with Crippen molar-refractivity contribution in [2.45, 2.75) is 25.9 Å². The van der Waals surface area contributed by atoms with Gasteiger partial charge in [0.25, 0.3) is 0 Å². The van der Waals surface area contributed by atoms with Crippen LogP contribution >= 0.6 is 12.2 Å². The van der Waals surface area contributed by atoms with Crippen LogP contribution in [0.2, 0.25) is 0 Å². The molecule has 0 aromatic heterocycles. The SMILES string of the molecule is Cc1ccccc1C1CN(SOC(=O)CCC=O)CCO1. The summed E-state index contributed by atoms with van der Waals surface area (Å²) >= 11 is 1.05. The molecule has 114 valence electrons. The molecule has 0 amide bonds. The number of morpholine rings is 1. The van der Waals surface area contributed by atoms with Crippen LogP contribution in [0.3, 0.4) is 0 Å². The van der Waals surface area contributed by atoms with Crippen LogP contribution in [0.1, 0.15) is 30.1 Å². The van der Waals surface area contributed by atoms with E-state index in [2.05, 4.69) is 19.1 Å². The average Bonchev–Trinajstić information content (AvgIpc) is 2.51. The zero-order valence-electron chi connectivity index (χ0n) is 12.0. The quantitative estimate of drug-likeness (QED) is 0.457. The Balaban J connectivity index is 1.85. The van der Waals surface area contributed by atoms with Crippen LogP contribution in [0.15, 0.2) is 24.3 Å². The fraction of sp³-hybridized carbons (Fsp3) is 0.467. The predicted molar refractivity (Wildman–Crippen MR) is 80.4 cm³/mol. The first-order valence-electron chi connectivity index (χ1n) is 6.94. The highest BCUT2D eigenvalue weighted by atomic mass is 32.2. The Hall–Kier alpha value is -1.37. The van der Waals surface area contributed by atoms with Crippen molar-refractivity contribution < 1.29 is 18.5 Å². The van der Waals surface area contributed by atoms with Gasteiger partial charge >= 0.3 is 5.97 Å². The van der Waals surface area contributed by atoms with Crippen molar-refractivity contribution in [3.8, 4) is 0 Å². The predicted octanol–water partition coefficient (Wildman–Crippen LogP) is 2.45. The molecule has 1 aromatic rings. The van der Waals surface area contributed by atoms with Crippen LogP contribution in [0, 0.1) is 6.92 Å². The van der Waals surface area contributed by atoms with Crippen LogP contribution in [-0.2, 0) is 18.5 Å². The largest absolute Gasteiger partial charge is 0.374 e. The molecule has 0 saturated carbocycles. The molecule has 1 aliphatic heterocycles. The summed E-state index contributed by atoms with van der Waals surface area (Å²) in [5.41, 5.74) is 2.35. The summed E-state index contributed by atoms with van der Waals surface area (Å²) in [6, 6.07) is 8.12. The van der Waals surface area contributed by atoms with E-state index in [9.17, 15) is 9.59 Å². The van der Waals surface area contributed by atoms with Gasteiger partial charge in [0.2, 0.25) is 0 Å². The molecule has 2 rings (SSSR count). The standard InChI is InChI=1S/C15H19NO4S/c1-12-5-2-3-6-13(12)14-11-16(8-10-19-14)21-20-15(18)7-4-9-17/h2-3,5-6,9,14H,4,7-8,10-11H2,1H3. The summed E-state index contributed by atoms with van der Waals surface area (Å²) in [7, 11) is 0. The van der Waals surface area contributed by atoms with Crippen molar-refractivity contribution in [3.05, 3.63) is 35.4 Å². The number of carbonyl (C=O) groups is 2. The molecule has 21 heavy (non-hydrogen) atoms. The average molecular weight is 309 g/mol. The van der Waals surface area contributed by atoms with Crippen molar-refractivity contribution in [2.24, 2.45) is 0 Å². The number of ether oxygens (including phenoxy) is 1. The van der Waals surface area contributed by atoms with Crippen molar-refractivity contribution in [1.82, 2.24) is 4.31 Å². The normalized spacial score (nSPS) is 19.2. The fourth-order valence-electron chi connectivity index (χ4n) is 2.14. The molecule has 0 aliphatic carbocycles. The molecule has 1 saturated heterocycles. The molecular formula is C15H19NO4S. The van der Waals surface area contributed by atoms with Gasteiger partial charge in [0.05, 0.1) is 19.1 Å². The van der Waals surface area contributed by atoms with E-state index in [1.807, 2.05) is 16.4 Å². The molecule has 6 heteroatoms. The van der Waals surface area contributed by atoms with Crippen LogP contribution in [0.4, 0.5) is 0 Å². The third kappa shape index (κ3) is 4.84. The highest BCUT2D eigenvalue weighted by molar-refractivity contribution is 7.92. The lowest BCUT2D eigenvalue weighted by Gasteiger charge is -2.31. The number of carbonyl (C=O) groups excluding carboxylic acids is 2. The van der Waals surface area contributed by atoms with E-state index >= 15 is 0 Å². The minimum absolute atomic E-state index is 0.0128. The Bertz CT molecular complexity index is 494. The van der Waals surface area contributed by atoms with Gasteiger partial charge < -0.3 is 13.7 Å². The summed E-state index contributed by atoms with van der Waals surface area (Å²) in [4.78, 5) is 21.6. The van der Waals surface area contributed by atoms with Gasteiger partial charge in [-0.3, -0.25) is 4.79 Å². The van der Waals surface area contributed by atoms with Gasteiger partial charge in [-0.25, -0.2) is 4.31 Å². The lowest BCUT2D eigenvalue weighted by Crippen LogP contribution is -2.34. The third-order valence-electron chi connectivity index (χ3n) is 3.27. The van der Waals surface area contributed by atoms with E-state index in [0.717, 1.165) is 24.1 Å². The first-order valence-corrected chi connectivity index (χ1v) is 7.63. The van der Waals surface area contributed by atoms with E-state index in [0.29, 0.717) is 19.7 Å². The molecule has 5 nitrogen and oxygen atoms in total. The first-order chi connectivity index (χ1) is 10.2. The summed E-state index contributed by atoms with van der Waals surface area (Å²) in [5.74, 6) is -0.369. The number of rotatable bonds is 6. The highest BCUT2D eigenvalue weighted by Crippen LogP contribution is 2.28. The lowest BCUT2D eigenvalue weighted by atomic mass is 10.0. The molecule has 0 radical (unpaired) electrons. The Morgan fingerprint density at radius 2 is 2.33 bits per heavy atom.